The van der Waals surface area contributed by atoms with E-state index in [0.717, 1.165) is 22.8 Å². The van der Waals surface area contributed by atoms with Gasteiger partial charge in [-0.3, -0.25) is 4.57 Å². The second-order valence-corrected chi connectivity index (χ2v) is 8.28. The number of hydrogen-bond donors (Lipinski definition) is 2. The first-order valence-corrected chi connectivity index (χ1v) is 10.4. The first-order valence-electron chi connectivity index (χ1n) is 10.4. The molecule has 0 aliphatic heterocycles. The van der Waals surface area contributed by atoms with Gasteiger partial charge in [-0.2, -0.15) is 13.2 Å². The highest BCUT2D eigenvalue weighted by Gasteiger charge is 2.35. The van der Waals surface area contributed by atoms with E-state index in [1.165, 1.54) is 32.0 Å². The van der Waals surface area contributed by atoms with Crippen molar-refractivity contribution in [2.45, 2.75) is 32.2 Å². The molecule has 4 nitrogen and oxygen atoms in total. The van der Waals surface area contributed by atoms with E-state index in [4.69, 9.17) is 0 Å². The van der Waals surface area contributed by atoms with Gasteiger partial charge >= 0.3 is 6.18 Å². The predicted molar refractivity (Wildman–Crippen MR) is 121 cm³/mol. The van der Waals surface area contributed by atoms with Crippen LogP contribution < -0.4 is 0 Å². The summed E-state index contributed by atoms with van der Waals surface area (Å²) in [5, 5.41) is 20.1. The van der Waals surface area contributed by atoms with Gasteiger partial charge in [0.2, 0.25) is 0 Å². The Kier molecular flexibility index (Phi) is 5.86. The zero-order valence-corrected chi connectivity index (χ0v) is 18.1. The molecule has 0 fully saturated rings. The minimum Gasteiger partial charge on any atom is -0.392 e. The Morgan fingerprint density at radius 1 is 0.848 bits per heavy atom. The van der Waals surface area contributed by atoms with Crippen molar-refractivity contribution >= 4 is 0 Å². The first-order chi connectivity index (χ1) is 15.6. The van der Waals surface area contributed by atoms with Crippen LogP contribution in [0.4, 0.5) is 13.2 Å². The van der Waals surface area contributed by atoms with Gasteiger partial charge in [-0.05, 0) is 48.7 Å². The smallest absolute Gasteiger partial charge is 0.392 e. The van der Waals surface area contributed by atoms with Gasteiger partial charge in [-0.15, -0.1) is 0 Å². The molecule has 0 radical (unpaired) electrons. The third kappa shape index (κ3) is 4.55. The number of aliphatic hydroxyl groups is 2. The van der Waals surface area contributed by atoms with Crippen LogP contribution in [0, 0.1) is 0 Å². The Balaban J connectivity index is 1.86. The summed E-state index contributed by atoms with van der Waals surface area (Å²) in [5.74, 6) is 0.0866. The van der Waals surface area contributed by atoms with E-state index in [1.807, 2.05) is 36.4 Å². The van der Waals surface area contributed by atoms with Gasteiger partial charge in [-0.25, -0.2) is 4.98 Å². The molecule has 0 amide bonds. The van der Waals surface area contributed by atoms with Gasteiger partial charge in [0.1, 0.15) is 11.4 Å². The fourth-order valence-corrected chi connectivity index (χ4v) is 3.73. The predicted octanol–water partition coefficient (Wildman–Crippen LogP) is 5.94. The van der Waals surface area contributed by atoms with Crippen LogP contribution in [0.1, 0.15) is 30.7 Å². The lowest BCUT2D eigenvalue weighted by atomic mass is 10.00. The maximum absolute atomic E-state index is 13.7. The van der Waals surface area contributed by atoms with E-state index in [2.05, 4.69) is 4.98 Å². The molecule has 0 unspecified atom stereocenters. The average molecular weight is 452 g/mol. The molecule has 0 aliphatic carbocycles. The zero-order valence-electron chi connectivity index (χ0n) is 18.1. The molecule has 0 spiro atoms. The van der Waals surface area contributed by atoms with Crippen LogP contribution in [-0.4, -0.2) is 19.8 Å². The number of aromatic nitrogens is 2. The summed E-state index contributed by atoms with van der Waals surface area (Å²) in [4.78, 5) is 4.39. The third-order valence-electron chi connectivity index (χ3n) is 5.45. The van der Waals surface area contributed by atoms with Crippen molar-refractivity contribution in [2.75, 3.05) is 0 Å². The van der Waals surface area contributed by atoms with Crippen molar-refractivity contribution in [3.63, 3.8) is 0 Å². The molecule has 7 heteroatoms. The highest BCUT2D eigenvalue weighted by Crippen LogP contribution is 2.38. The number of nitrogens with zero attached hydrogens (tertiary/aromatic N) is 2. The molecule has 0 atom stereocenters. The minimum absolute atomic E-state index is 0.0739. The van der Waals surface area contributed by atoms with Crippen molar-refractivity contribution in [1.82, 2.24) is 9.55 Å². The fourth-order valence-electron chi connectivity index (χ4n) is 3.73. The second-order valence-electron chi connectivity index (χ2n) is 8.28. The van der Waals surface area contributed by atoms with Gasteiger partial charge < -0.3 is 10.2 Å². The normalized spacial score (nSPS) is 12.2. The van der Waals surface area contributed by atoms with Crippen LogP contribution in [0.5, 0.6) is 0 Å². The minimum atomic E-state index is -4.56. The van der Waals surface area contributed by atoms with Crippen LogP contribution in [0.2, 0.25) is 0 Å². The SMILES string of the molecule is CC(C)(O)c1cn(-c2ccc(-c3ccccc3CO)cc2)c(-c2ccccc2C(F)(F)F)n1. The molecular formula is C26H23F3N2O2. The van der Waals surface area contributed by atoms with Gasteiger partial charge in [0.05, 0.1) is 17.9 Å². The molecular weight excluding hydrogens is 429 g/mol. The standard InChI is InChI=1S/C26H23F3N2O2/c1-25(2,33)23-15-31(24(30-23)21-9-5-6-10-22(21)26(27,28)29)19-13-11-17(12-14-19)20-8-4-3-7-18(20)16-32/h3-15,32-33H,16H2,1-2H3. The summed E-state index contributed by atoms with van der Waals surface area (Å²) in [5.41, 5.74) is 1.15. The number of aliphatic hydroxyl groups excluding tert-OH is 1. The molecule has 170 valence electrons. The van der Waals surface area contributed by atoms with Crippen molar-refractivity contribution in [1.29, 1.82) is 0 Å². The molecule has 3 aromatic carbocycles. The van der Waals surface area contributed by atoms with Gasteiger partial charge in [0.15, 0.2) is 0 Å². The molecule has 0 saturated carbocycles. The number of hydrogen-bond acceptors (Lipinski definition) is 3. The Labute approximate surface area is 189 Å². The molecule has 4 aromatic rings. The van der Waals surface area contributed by atoms with Crippen LogP contribution in [0.25, 0.3) is 28.2 Å². The number of alkyl halides is 3. The van der Waals surface area contributed by atoms with Crippen LogP contribution in [0.3, 0.4) is 0 Å². The summed E-state index contributed by atoms with van der Waals surface area (Å²) in [6, 6.07) is 20.0. The van der Waals surface area contributed by atoms with E-state index in [1.54, 1.807) is 22.9 Å². The summed E-state index contributed by atoms with van der Waals surface area (Å²) in [7, 11) is 0. The van der Waals surface area contributed by atoms with E-state index in [0.29, 0.717) is 5.69 Å². The number of halogens is 3. The van der Waals surface area contributed by atoms with Crippen molar-refractivity contribution < 1.29 is 23.4 Å². The number of benzene rings is 3. The molecule has 1 aromatic heterocycles. The molecule has 4 rings (SSSR count). The zero-order chi connectivity index (χ0) is 23.8. The third-order valence-corrected chi connectivity index (χ3v) is 5.45. The second kappa shape index (κ2) is 8.50. The van der Waals surface area contributed by atoms with E-state index >= 15 is 0 Å². The quantitative estimate of drug-likeness (QED) is 0.394. The monoisotopic (exact) mass is 452 g/mol. The Morgan fingerprint density at radius 3 is 2.06 bits per heavy atom. The van der Waals surface area contributed by atoms with Gasteiger partial charge in [0, 0.05) is 17.4 Å². The summed E-state index contributed by atoms with van der Waals surface area (Å²) >= 11 is 0. The number of imidazole rings is 1. The maximum atomic E-state index is 13.7. The maximum Gasteiger partial charge on any atom is 0.417 e. The van der Waals surface area contributed by atoms with Crippen LogP contribution in [-0.2, 0) is 18.4 Å². The summed E-state index contributed by atoms with van der Waals surface area (Å²) < 4.78 is 42.7. The lowest BCUT2D eigenvalue weighted by Crippen LogP contribution is -2.15. The van der Waals surface area contributed by atoms with E-state index in [-0.39, 0.29) is 23.7 Å². The van der Waals surface area contributed by atoms with Gasteiger partial charge in [0.25, 0.3) is 0 Å². The largest absolute Gasteiger partial charge is 0.417 e. The molecule has 2 N–H and O–H groups in total. The van der Waals surface area contributed by atoms with Crippen molar-refractivity contribution in [2.24, 2.45) is 0 Å². The molecule has 1 heterocycles. The fraction of sp³-hybridized carbons (Fsp3) is 0.192. The molecule has 0 aliphatic rings. The summed E-state index contributed by atoms with van der Waals surface area (Å²) in [6.45, 7) is 2.97. The van der Waals surface area contributed by atoms with E-state index < -0.39 is 17.3 Å². The topological polar surface area (TPSA) is 58.3 Å². The lowest BCUT2D eigenvalue weighted by molar-refractivity contribution is -0.137. The Hall–Kier alpha value is -3.42. The number of rotatable bonds is 5. The molecule has 0 saturated heterocycles. The van der Waals surface area contributed by atoms with E-state index in [9.17, 15) is 23.4 Å². The van der Waals surface area contributed by atoms with Crippen molar-refractivity contribution in [3.8, 4) is 28.2 Å². The van der Waals surface area contributed by atoms with Crippen LogP contribution in [0.15, 0.2) is 79.0 Å². The molecule has 33 heavy (non-hydrogen) atoms. The Morgan fingerprint density at radius 2 is 1.45 bits per heavy atom. The first kappa shape index (κ1) is 22.8. The van der Waals surface area contributed by atoms with Gasteiger partial charge in [-0.1, -0.05) is 54.6 Å². The highest BCUT2D eigenvalue weighted by atomic mass is 19.4. The van der Waals surface area contributed by atoms with Crippen molar-refractivity contribution in [3.05, 3.63) is 95.8 Å². The van der Waals surface area contributed by atoms with Crippen LogP contribution >= 0.6 is 0 Å². The highest BCUT2D eigenvalue weighted by molar-refractivity contribution is 5.69. The molecule has 0 bridgehead atoms. The average Bonchev–Trinajstić information content (AvgIpc) is 3.25. The summed E-state index contributed by atoms with van der Waals surface area (Å²) in [6.07, 6.45) is -3.00. The Bertz CT molecular complexity index is 1270. The lowest BCUT2D eigenvalue weighted by Gasteiger charge is -2.14.